The summed E-state index contributed by atoms with van der Waals surface area (Å²) in [6.45, 7) is 0. The Morgan fingerprint density at radius 3 is 2.47 bits per heavy atom. The lowest BCUT2D eigenvalue weighted by atomic mass is 10.2. The van der Waals surface area contributed by atoms with Crippen molar-refractivity contribution in [3.05, 3.63) is 100 Å². The quantitative estimate of drug-likeness (QED) is 0.428. The summed E-state index contributed by atoms with van der Waals surface area (Å²) in [5.74, 6) is -7.01. The maximum atomic E-state index is 14.5. The fourth-order valence-electron chi connectivity index (χ4n) is 2.91. The molecule has 1 amide bonds. The smallest absolute Gasteiger partial charge is 0.267 e. The summed E-state index contributed by atoms with van der Waals surface area (Å²) in [6, 6.07) is 8.66. The van der Waals surface area contributed by atoms with Gasteiger partial charge in [0.2, 0.25) is 5.82 Å². The van der Waals surface area contributed by atoms with E-state index in [0.29, 0.717) is 12.1 Å². The van der Waals surface area contributed by atoms with Crippen LogP contribution in [0.4, 0.5) is 29.1 Å². The predicted octanol–water partition coefficient (Wildman–Crippen LogP) is 3.81. The first-order valence-electron chi connectivity index (χ1n) is 9.46. The van der Waals surface area contributed by atoms with Crippen LogP contribution in [-0.4, -0.2) is 20.4 Å². The van der Waals surface area contributed by atoms with Crippen molar-refractivity contribution in [1.29, 1.82) is 0 Å². The van der Waals surface area contributed by atoms with Crippen LogP contribution in [0.5, 0.6) is 11.6 Å². The highest BCUT2D eigenvalue weighted by Crippen LogP contribution is 2.30. The summed E-state index contributed by atoms with van der Waals surface area (Å²) < 4.78 is 62.0. The molecule has 0 fully saturated rings. The van der Waals surface area contributed by atoms with E-state index in [1.807, 2.05) is 0 Å². The van der Waals surface area contributed by atoms with Gasteiger partial charge >= 0.3 is 0 Å². The van der Waals surface area contributed by atoms with Crippen molar-refractivity contribution < 1.29 is 27.1 Å². The molecule has 8 nitrogen and oxygen atoms in total. The third-order valence-electron chi connectivity index (χ3n) is 4.56. The van der Waals surface area contributed by atoms with Crippen molar-refractivity contribution in [1.82, 2.24) is 14.5 Å². The number of nitrogens with two attached hydrogens (primary N) is 1. The van der Waals surface area contributed by atoms with Gasteiger partial charge in [-0.2, -0.15) is 9.37 Å². The second kappa shape index (κ2) is 9.02. The first-order chi connectivity index (χ1) is 16.2. The topological polar surface area (TPSA) is 112 Å². The van der Waals surface area contributed by atoms with E-state index in [1.54, 1.807) is 0 Å². The molecule has 0 bridgehead atoms. The molecule has 0 spiro atoms. The lowest BCUT2D eigenvalue weighted by molar-refractivity contribution is 0.102. The van der Waals surface area contributed by atoms with E-state index in [4.69, 9.17) is 10.5 Å². The molecule has 0 aliphatic carbocycles. The molecule has 2 aromatic carbocycles. The fraction of sp³-hybridized carbons (Fsp3) is 0. The van der Waals surface area contributed by atoms with Crippen LogP contribution in [0.25, 0.3) is 5.69 Å². The number of halogens is 4. The van der Waals surface area contributed by atoms with Crippen LogP contribution in [0.3, 0.4) is 0 Å². The van der Waals surface area contributed by atoms with Crippen LogP contribution in [0.15, 0.2) is 65.8 Å². The minimum absolute atomic E-state index is 0.289. The molecule has 2 heterocycles. The van der Waals surface area contributed by atoms with Gasteiger partial charge in [0.05, 0.1) is 5.69 Å². The number of benzene rings is 2. The van der Waals surface area contributed by atoms with Crippen LogP contribution in [0.1, 0.15) is 10.4 Å². The number of pyridine rings is 1. The van der Waals surface area contributed by atoms with Gasteiger partial charge in [-0.1, -0.05) is 0 Å². The number of hydrogen-bond donors (Lipinski definition) is 2. The minimum atomic E-state index is -1.17. The molecule has 34 heavy (non-hydrogen) atoms. The van der Waals surface area contributed by atoms with Gasteiger partial charge in [0, 0.05) is 24.0 Å². The average Bonchev–Trinajstić information content (AvgIpc) is 2.81. The summed E-state index contributed by atoms with van der Waals surface area (Å²) in [5.41, 5.74) is 3.81. The van der Waals surface area contributed by atoms with E-state index < -0.39 is 57.9 Å². The third kappa shape index (κ3) is 4.41. The van der Waals surface area contributed by atoms with Crippen molar-refractivity contribution >= 4 is 17.4 Å². The van der Waals surface area contributed by atoms with Crippen molar-refractivity contribution in [2.24, 2.45) is 0 Å². The van der Waals surface area contributed by atoms with E-state index >= 15 is 0 Å². The summed E-state index contributed by atoms with van der Waals surface area (Å²) in [7, 11) is 0. The number of ether oxygens (including phenoxy) is 1. The number of amides is 1. The maximum absolute atomic E-state index is 14.5. The van der Waals surface area contributed by atoms with Crippen LogP contribution in [0, 0.1) is 23.3 Å². The van der Waals surface area contributed by atoms with Gasteiger partial charge in [0.25, 0.3) is 17.3 Å². The van der Waals surface area contributed by atoms with Gasteiger partial charge < -0.3 is 15.8 Å². The first-order valence-corrected chi connectivity index (χ1v) is 9.46. The number of nitrogen functional groups attached to an aromatic ring is 1. The standard InChI is InChI=1S/C22H13F4N5O3/c23-11-3-5-12(6-4-11)31-7-1-2-13(22(31)33)20(32)30-16-8-15(25)17(9-14(16)24)34-21-18(26)19(27)28-10-29-21/h1-10H,(H,30,32)(H2,27,28,29). The molecule has 172 valence electrons. The number of nitrogens with zero attached hydrogens (tertiary/aromatic N) is 3. The molecule has 0 aliphatic rings. The van der Waals surface area contributed by atoms with Crippen LogP contribution < -0.4 is 21.3 Å². The Balaban J connectivity index is 1.60. The highest BCUT2D eigenvalue weighted by atomic mass is 19.1. The third-order valence-corrected chi connectivity index (χ3v) is 4.56. The Bertz CT molecular complexity index is 1460. The summed E-state index contributed by atoms with van der Waals surface area (Å²) in [5, 5.41) is 2.11. The van der Waals surface area contributed by atoms with Crippen LogP contribution >= 0.6 is 0 Å². The number of anilines is 2. The average molecular weight is 471 g/mol. The van der Waals surface area contributed by atoms with Crippen molar-refractivity contribution in [2.75, 3.05) is 11.1 Å². The summed E-state index contributed by atoms with van der Waals surface area (Å²) >= 11 is 0. The largest absolute Gasteiger partial charge is 0.433 e. The zero-order valence-corrected chi connectivity index (χ0v) is 16.9. The van der Waals surface area contributed by atoms with Gasteiger partial charge in [-0.15, -0.1) is 0 Å². The van der Waals surface area contributed by atoms with E-state index in [9.17, 15) is 27.2 Å². The zero-order valence-electron chi connectivity index (χ0n) is 16.9. The highest BCUT2D eigenvalue weighted by Gasteiger charge is 2.19. The van der Waals surface area contributed by atoms with Crippen LogP contribution in [0.2, 0.25) is 0 Å². The molecule has 0 atom stereocenters. The number of aromatic nitrogens is 3. The number of nitrogens with one attached hydrogen (secondary N) is 1. The zero-order chi connectivity index (χ0) is 24.4. The maximum Gasteiger partial charge on any atom is 0.267 e. The molecule has 4 aromatic rings. The lowest BCUT2D eigenvalue weighted by Crippen LogP contribution is -2.28. The molecule has 3 N–H and O–H groups in total. The van der Waals surface area contributed by atoms with Crippen molar-refractivity contribution in [3.63, 3.8) is 0 Å². The Morgan fingerprint density at radius 2 is 1.74 bits per heavy atom. The summed E-state index contributed by atoms with van der Waals surface area (Å²) in [4.78, 5) is 32.2. The van der Waals surface area contributed by atoms with E-state index in [-0.39, 0.29) is 11.3 Å². The van der Waals surface area contributed by atoms with Crippen molar-refractivity contribution in [3.8, 4) is 17.3 Å². The van der Waals surface area contributed by atoms with Gasteiger partial charge in [0.1, 0.15) is 17.7 Å². The second-order valence-corrected chi connectivity index (χ2v) is 6.77. The van der Waals surface area contributed by atoms with E-state index in [0.717, 1.165) is 23.0 Å². The lowest BCUT2D eigenvalue weighted by Gasteiger charge is -2.12. The molecule has 0 radical (unpaired) electrons. The SMILES string of the molecule is Nc1ncnc(Oc2cc(F)c(NC(=O)c3cccn(-c4ccc(F)cc4)c3=O)cc2F)c1F. The van der Waals surface area contributed by atoms with Gasteiger partial charge in [0.15, 0.2) is 23.2 Å². The molecule has 2 aromatic heterocycles. The molecule has 0 unspecified atom stereocenters. The monoisotopic (exact) mass is 471 g/mol. The van der Waals surface area contributed by atoms with Gasteiger partial charge in [-0.3, -0.25) is 14.2 Å². The first kappa shape index (κ1) is 22.5. The highest BCUT2D eigenvalue weighted by molar-refractivity contribution is 6.04. The van der Waals surface area contributed by atoms with Crippen molar-refractivity contribution in [2.45, 2.75) is 0 Å². The minimum Gasteiger partial charge on any atom is -0.433 e. The molecular weight excluding hydrogens is 458 g/mol. The Labute approximate surface area is 188 Å². The number of carbonyl (C=O) groups excluding carboxylic acids is 1. The molecule has 0 aliphatic heterocycles. The summed E-state index contributed by atoms with van der Waals surface area (Å²) in [6.07, 6.45) is 2.23. The van der Waals surface area contributed by atoms with Gasteiger partial charge in [-0.05, 0) is 36.4 Å². The van der Waals surface area contributed by atoms with E-state index in [2.05, 4.69) is 15.3 Å². The Kier molecular flexibility index (Phi) is 5.95. The number of rotatable bonds is 5. The van der Waals surface area contributed by atoms with Crippen LogP contribution in [-0.2, 0) is 0 Å². The van der Waals surface area contributed by atoms with E-state index in [1.165, 1.54) is 30.5 Å². The fourth-order valence-corrected chi connectivity index (χ4v) is 2.91. The molecule has 12 heteroatoms. The van der Waals surface area contributed by atoms with Gasteiger partial charge in [-0.25, -0.2) is 18.2 Å². The molecular formula is C22H13F4N5O3. The Morgan fingerprint density at radius 1 is 1.00 bits per heavy atom. The normalized spacial score (nSPS) is 10.7. The molecule has 0 saturated heterocycles. The molecule has 0 saturated carbocycles. The number of carbonyl (C=O) groups is 1. The molecule has 4 rings (SSSR count). The second-order valence-electron chi connectivity index (χ2n) is 6.77. The number of hydrogen-bond acceptors (Lipinski definition) is 6. The Hall–Kier alpha value is -4.74. The predicted molar refractivity (Wildman–Crippen MR) is 113 cm³/mol.